The van der Waals surface area contributed by atoms with Crippen LogP contribution in [-0.2, 0) is 11.2 Å². The van der Waals surface area contributed by atoms with Crippen molar-refractivity contribution in [1.29, 1.82) is 0 Å². The maximum absolute atomic E-state index is 11.6. The standard InChI is InChI=1S/C11H15NO4/c1-4-8-6(2)5-9(16-8)10(13)12-7(3)11(14)15/h5,7H,4H2,1-3H3,(H,12,13)(H,14,15)/t7-/m0/s1. The molecule has 0 aliphatic rings. The number of hydrogen-bond donors (Lipinski definition) is 2. The zero-order chi connectivity index (χ0) is 12.3. The summed E-state index contributed by atoms with van der Waals surface area (Å²) in [7, 11) is 0. The first-order valence-corrected chi connectivity index (χ1v) is 5.08. The Balaban J connectivity index is 2.77. The fourth-order valence-corrected chi connectivity index (χ4v) is 1.31. The van der Waals surface area contributed by atoms with Crippen molar-refractivity contribution in [1.82, 2.24) is 5.32 Å². The van der Waals surface area contributed by atoms with Gasteiger partial charge in [0.2, 0.25) is 0 Å². The molecule has 1 aromatic heterocycles. The molecule has 16 heavy (non-hydrogen) atoms. The first-order valence-electron chi connectivity index (χ1n) is 5.08. The highest BCUT2D eigenvalue weighted by Crippen LogP contribution is 2.15. The number of furan rings is 1. The molecule has 0 unspecified atom stereocenters. The number of carboxylic acid groups (broad SMARTS) is 1. The summed E-state index contributed by atoms with van der Waals surface area (Å²) in [6, 6.07) is 0.686. The maximum Gasteiger partial charge on any atom is 0.325 e. The average molecular weight is 225 g/mol. The van der Waals surface area contributed by atoms with Gasteiger partial charge in [-0.05, 0) is 25.5 Å². The first-order chi connectivity index (χ1) is 7.45. The summed E-state index contributed by atoms with van der Waals surface area (Å²) in [5, 5.41) is 11.0. The fourth-order valence-electron chi connectivity index (χ4n) is 1.31. The quantitative estimate of drug-likeness (QED) is 0.810. The molecular weight excluding hydrogens is 210 g/mol. The maximum atomic E-state index is 11.6. The molecule has 5 nitrogen and oxygen atoms in total. The molecule has 0 saturated heterocycles. The minimum Gasteiger partial charge on any atom is -0.480 e. The number of carbonyl (C=O) groups excluding carboxylic acids is 1. The van der Waals surface area contributed by atoms with Crippen molar-refractivity contribution >= 4 is 11.9 Å². The summed E-state index contributed by atoms with van der Waals surface area (Å²) >= 11 is 0. The van der Waals surface area contributed by atoms with Crippen molar-refractivity contribution in [2.24, 2.45) is 0 Å². The van der Waals surface area contributed by atoms with Gasteiger partial charge in [0.25, 0.3) is 5.91 Å². The van der Waals surface area contributed by atoms with Crippen LogP contribution in [0.1, 0.15) is 35.7 Å². The third kappa shape index (κ3) is 2.62. The molecule has 0 aromatic carbocycles. The topological polar surface area (TPSA) is 79.5 Å². The highest BCUT2D eigenvalue weighted by atomic mass is 16.4. The van der Waals surface area contributed by atoms with Crippen molar-refractivity contribution in [2.75, 3.05) is 0 Å². The van der Waals surface area contributed by atoms with Crippen LogP contribution < -0.4 is 5.32 Å². The number of aliphatic carboxylic acids is 1. The van der Waals surface area contributed by atoms with E-state index in [1.54, 1.807) is 6.07 Å². The number of carbonyl (C=O) groups is 2. The van der Waals surface area contributed by atoms with Crippen molar-refractivity contribution < 1.29 is 19.1 Å². The molecule has 1 amide bonds. The molecule has 0 aliphatic carbocycles. The van der Waals surface area contributed by atoms with Crippen molar-refractivity contribution in [3.8, 4) is 0 Å². The lowest BCUT2D eigenvalue weighted by atomic mass is 10.2. The van der Waals surface area contributed by atoms with Gasteiger partial charge in [-0.1, -0.05) is 6.92 Å². The van der Waals surface area contributed by atoms with E-state index in [1.165, 1.54) is 6.92 Å². The SMILES string of the molecule is CCc1oc(C(=O)N[C@@H](C)C(=O)O)cc1C. The normalized spacial score (nSPS) is 12.2. The molecule has 0 radical (unpaired) electrons. The molecule has 5 heteroatoms. The number of amides is 1. The van der Waals surface area contributed by atoms with Crippen LogP contribution in [0.4, 0.5) is 0 Å². The van der Waals surface area contributed by atoms with Gasteiger partial charge in [-0.25, -0.2) is 0 Å². The Morgan fingerprint density at radius 3 is 2.62 bits per heavy atom. The smallest absolute Gasteiger partial charge is 0.325 e. The minimum absolute atomic E-state index is 0.155. The lowest BCUT2D eigenvalue weighted by Crippen LogP contribution is -2.38. The van der Waals surface area contributed by atoms with E-state index < -0.39 is 17.9 Å². The van der Waals surface area contributed by atoms with Gasteiger partial charge in [0.1, 0.15) is 11.8 Å². The van der Waals surface area contributed by atoms with Gasteiger partial charge in [-0.3, -0.25) is 9.59 Å². The molecule has 0 bridgehead atoms. The Bertz CT molecular complexity index is 408. The van der Waals surface area contributed by atoms with Gasteiger partial charge in [0.15, 0.2) is 5.76 Å². The Hall–Kier alpha value is -1.78. The summed E-state index contributed by atoms with van der Waals surface area (Å²) in [6.45, 7) is 5.17. The summed E-state index contributed by atoms with van der Waals surface area (Å²) in [6.07, 6.45) is 0.702. The minimum atomic E-state index is -1.08. The first kappa shape index (κ1) is 12.3. The fraction of sp³-hybridized carbons (Fsp3) is 0.455. The molecule has 88 valence electrons. The van der Waals surface area contributed by atoms with Crippen molar-refractivity contribution in [3.05, 3.63) is 23.2 Å². The van der Waals surface area contributed by atoms with E-state index in [0.29, 0.717) is 6.42 Å². The van der Waals surface area contributed by atoms with Crippen molar-refractivity contribution in [2.45, 2.75) is 33.2 Å². The number of nitrogens with one attached hydrogen (secondary N) is 1. The number of hydrogen-bond acceptors (Lipinski definition) is 3. The van der Waals surface area contributed by atoms with Gasteiger partial charge < -0.3 is 14.8 Å². The average Bonchev–Trinajstić information content (AvgIpc) is 2.59. The predicted octanol–water partition coefficient (Wildman–Crippen LogP) is 1.35. The number of rotatable bonds is 4. The van der Waals surface area contributed by atoms with Gasteiger partial charge in [0.05, 0.1) is 0 Å². The van der Waals surface area contributed by atoms with Crippen LogP contribution in [0.15, 0.2) is 10.5 Å². The van der Waals surface area contributed by atoms with E-state index in [-0.39, 0.29) is 5.76 Å². The van der Waals surface area contributed by atoms with Crippen LogP contribution in [0, 0.1) is 6.92 Å². The van der Waals surface area contributed by atoms with E-state index in [9.17, 15) is 9.59 Å². The molecule has 1 aromatic rings. The summed E-state index contributed by atoms with van der Waals surface area (Å²) in [5.74, 6) is -0.680. The lowest BCUT2D eigenvalue weighted by Gasteiger charge is -2.06. The largest absolute Gasteiger partial charge is 0.480 e. The van der Waals surface area contributed by atoms with Crippen LogP contribution in [0.3, 0.4) is 0 Å². The lowest BCUT2D eigenvalue weighted by molar-refractivity contribution is -0.138. The van der Waals surface area contributed by atoms with E-state index >= 15 is 0 Å². The Kier molecular flexibility index (Phi) is 3.71. The highest BCUT2D eigenvalue weighted by molar-refractivity contribution is 5.94. The van der Waals surface area contributed by atoms with E-state index in [4.69, 9.17) is 9.52 Å². The van der Waals surface area contributed by atoms with Crippen LogP contribution in [0.25, 0.3) is 0 Å². The molecule has 1 atom stereocenters. The Morgan fingerprint density at radius 2 is 2.19 bits per heavy atom. The van der Waals surface area contributed by atoms with Crippen LogP contribution in [0.2, 0.25) is 0 Å². The zero-order valence-electron chi connectivity index (χ0n) is 9.53. The van der Waals surface area contributed by atoms with Crippen LogP contribution in [-0.4, -0.2) is 23.0 Å². The van der Waals surface area contributed by atoms with Crippen LogP contribution >= 0.6 is 0 Å². The van der Waals surface area contributed by atoms with E-state index in [1.807, 2.05) is 13.8 Å². The third-order valence-electron chi connectivity index (χ3n) is 2.28. The Morgan fingerprint density at radius 1 is 1.56 bits per heavy atom. The monoisotopic (exact) mass is 225 g/mol. The molecule has 1 heterocycles. The van der Waals surface area contributed by atoms with Crippen molar-refractivity contribution in [3.63, 3.8) is 0 Å². The second-order valence-corrected chi connectivity index (χ2v) is 3.60. The number of carboxylic acids is 1. The van der Waals surface area contributed by atoms with Gasteiger partial charge in [-0.15, -0.1) is 0 Å². The van der Waals surface area contributed by atoms with Gasteiger partial charge >= 0.3 is 5.97 Å². The summed E-state index contributed by atoms with van der Waals surface area (Å²) < 4.78 is 5.30. The summed E-state index contributed by atoms with van der Waals surface area (Å²) in [4.78, 5) is 22.1. The second-order valence-electron chi connectivity index (χ2n) is 3.60. The predicted molar refractivity (Wildman–Crippen MR) is 57.4 cm³/mol. The molecule has 0 aliphatic heterocycles. The van der Waals surface area contributed by atoms with Gasteiger partial charge in [0, 0.05) is 6.42 Å². The van der Waals surface area contributed by atoms with E-state index in [0.717, 1.165) is 11.3 Å². The van der Waals surface area contributed by atoms with Crippen LogP contribution in [0.5, 0.6) is 0 Å². The number of aryl methyl sites for hydroxylation is 2. The summed E-state index contributed by atoms with van der Waals surface area (Å²) in [5.41, 5.74) is 0.899. The second kappa shape index (κ2) is 4.83. The zero-order valence-corrected chi connectivity index (χ0v) is 9.53. The third-order valence-corrected chi connectivity index (χ3v) is 2.28. The molecular formula is C11H15NO4. The molecule has 0 fully saturated rings. The molecule has 1 rings (SSSR count). The molecule has 2 N–H and O–H groups in total. The molecule has 0 saturated carbocycles. The molecule has 0 spiro atoms. The van der Waals surface area contributed by atoms with E-state index in [2.05, 4.69) is 5.32 Å². The Labute approximate surface area is 93.4 Å². The van der Waals surface area contributed by atoms with Gasteiger partial charge in [-0.2, -0.15) is 0 Å². The highest BCUT2D eigenvalue weighted by Gasteiger charge is 2.18.